The highest BCUT2D eigenvalue weighted by Gasteiger charge is 2.16. The van der Waals surface area contributed by atoms with Crippen molar-refractivity contribution in [1.82, 2.24) is 4.98 Å². The Morgan fingerprint density at radius 1 is 1.21 bits per heavy atom. The van der Waals surface area contributed by atoms with Crippen LogP contribution in [0.1, 0.15) is 21.7 Å². The first-order valence-corrected chi connectivity index (χ1v) is 8.50. The van der Waals surface area contributed by atoms with Crippen LogP contribution in [0.25, 0.3) is 0 Å². The van der Waals surface area contributed by atoms with Crippen LogP contribution in [0.5, 0.6) is 5.75 Å². The number of halogens is 2. The lowest BCUT2D eigenvalue weighted by Crippen LogP contribution is -2.16. The van der Waals surface area contributed by atoms with Gasteiger partial charge in [-0.3, -0.25) is 15.6 Å². The molecule has 148 valence electrons. The van der Waals surface area contributed by atoms with Crippen molar-refractivity contribution >= 4 is 35.1 Å². The lowest BCUT2D eigenvalue weighted by atomic mass is 10.2. The fourth-order valence-electron chi connectivity index (χ4n) is 2.31. The molecular formula is C19H14ClFN4O4. The number of furan rings is 1. The number of benzene rings is 1. The number of alkyl halides is 1. The molecule has 29 heavy (non-hydrogen) atoms. The van der Waals surface area contributed by atoms with Gasteiger partial charge < -0.3 is 19.2 Å². The summed E-state index contributed by atoms with van der Waals surface area (Å²) in [6.45, 7) is -1.11. The molecule has 8 nitrogen and oxygen atoms in total. The Morgan fingerprint density at radius 2 is 2.03 bits per heavy atom. The quantitative estimate of drug-likeness (QED) is 0.409. The molecule has 0 aliphatic heterocycles. The van der Waals surface area contributed by atoms with Crippen molar-refractivity contribution < 1.29 is 23.1 Å². The summed E-state index contributed by atoms with van der Waals surface area (Å²) in [5.41, 5.74) is 0.284. The topological polar surface area (TPSA) is 121 Å². The van der Waals surface area contributed by atoms with Gasteiger partial charge in [-0.1, -0.05) is 11.6 Å². The number of ether oxygens (including phenoxy) is 2. The molecule has 0 spiro atoms. The normalized spacial score (nSPS) is 10.3. The number of rotatable bonds is 6. The molecule has 3 aromatic rings. The van der Waals surface area contributed by atoms with E-state index < -0.39 is 12.8 Å². The van der Waals surface area contributed by atoms with Crippen LogP contribution in [0.3, 0.4) is 0 Å². The van der Waals surface area contributed by atoms with E-state index in [4.69, 9.17) is 36.3 Å². The van der Waals surface area contributed by atoms with Crippen LogP contribution in [-0.4, -0.2) is 29.5 Å². The molecule has 0 radical (unpaired) electrons. The zero-order chi connectivity index (χ0) is 20.8. The molecular weight excluding hydrogens is 403 g/mol. The molecule has 0 fully saturated rings. The number of hydrogen-bond donors (Lipinski definition) is 3. The number of amides is 1. The third kappa shape index (κ3) is 4.96. The van der Waals surface area contributed by atoms with E-state index in [1.807, 2.05) is 0 Å². The second kappa shape index (κ2) is 8.98. The first-order valence-electron chi connectivity index (χ1n) is 8.13. The Kier molecular flexibility index (Phi) is 6.20. The number of hydrogen-bond acceptors (Lipinski definition) is 7. The van der Waals surface area contributed by atoms with Gasteiger partial charge in [-0.15, -0.1) is 0 Å². The predicted octanol–water partition coefficient (Wildman–Crippen LogP) is 4.25. The van der Waals surface area contributed by atoms with Gasteiger partial charge in [-0.25, -0.2) is 9.37 Å². The molecule has 0 unspecified atom stereocenters. The zero-order valence-corrected chi connectivity index (χ0v) is 15.5. The zero-order valence-electron chi connectivity index (χ0n) is 14.7. The predicted molar refractivity (Wildman–Crippen MR) is 104 cm³/mol. The largest absolute Gasteiger partial charge is 0.462 e. The molecule has 1 aromatic carbocycles. The molecule has 3 rings (SSSR count). The van der Waals surface area contributed by atoms with Gasteiger partial charge in [0.05, 0.1) is 11.8 Å². The van der Waals surface area contributed by atoms with Crippen molar-refractivity contribution in [1.29, 1.82) is 10.8 Å². The Bertz CT molecular complexity index is 1060. The van der Waals surface area contributed by atoms with Crippen molar-refractivity contribution in [3.63, 3.8) is 0 Å². The summed E-state index contributed by atoms with van der Waals surface area (Å²) in [5, 5.41) is 18.6. The lowest BCUT2D eigenvalue weighted by molar-refractivity contribution is 0.101. The Morgan fingerprint density at radius 3 is 2.76 bits per heavy atom. The molecule has 2 heterocycles. The minimum atomic E-state index is -1.11. The molecule has 0 aliphatic rings. The standard InChI is InChI=1S/C19H14ClFN4O4/c20-12-3-4-14(28-10-21)13(9-12)19(26)25-16-8-11(5-6-24-16)17(22)29-18(23)15-2-1-7-27-15/h1-9,22-23H,10H2,(H,24,25,26). The van der Waals surface area contributed by atoms with Crippen LogP contribution in [0.4, 0.5) is 10.2 Å². The maximum Gasteiger partial charge on any atom is 0.260 e. The smallest absolute Gasteiger partial charge is 0.260 e. The van der Waals surface area contributed by atoms with Crippen LogP contribution in [0.15, 0.2) is 59.3 Å². The van der Waals surface area contributed by atoms with Crippen LogP contribution >= 0.6 is 11.6 Å². The summed E-state index contributed by atoms with van der Waals surface area (Å²) in [6, 6.07) is 10.2. The van der Waals surface area contributed by atoms with Gasteiger partial charge in [0.1, 0.15) is 11.6 Å². The van der Waals surface area contributed by atoms with Gasteiger partial charge in [-0.2, -0.15) is 0 Å². The summed E-state index contributed by atoms with van der Waals surface area (Å²) in [6.07, 6.45) is 2.74. The Hall–Kier alpha value is -3.72. The van der Waals surface area contributed by atoms with Gasteiger partial charge >= 0.3 is 0 Å². The Labute approximate surface area is 169 Å². The highest BCUT2D eigenvalue weighted by molar-refractivity contribution is 6.31. The van der Waals surface area contributed by atoms with E-state index in [-0.39, 0.29) is 45.3 Å². The minimum Gasteiger partial charge on any atom is -0.462 e. The first kappa shape index (κ1) is 20.0. The van der Waals surface area contributed by atoms with Crippen LogP contribution in [0, 0.1) is 10.8 Å². The van der Waals surface area contributed by atoms with Gasteiger partial charge in [0, 0.05) is 16.8 Å². The summed E-state index contributed by atoms with van der Waals surface area (Å²) in [7, 11) is 0. The van der Waals surface area contributed by atoms with Crippen LogP contribution in [-0.2, 0) is 4.74 Å². The average molecular weight is 417 g/mol. The third-order valence-electron chi connectivity index (χ3n) is 3.61. The molecule has 1 amide bonds. The van der Waals surface area contributed by atoms with E-state index in [1.165, 1.54) is 48.9 Å². The van der Waals surface area contributed by atoms with E-state index in [0.717, 1.165) is 0 Å². The maximum atomic E-state index is 12.5. The number of carbonyl (C=O) groups excluding carboxylic acids is 1. The van der Waals surface area contributed by atoms with Crippen molar-refractivity contribution in [2.45, 2.75) is 0 Å². The number of pyridine rings is 1. The lowest BCUT2D eigenvalue weighted by Gasteiger charge is -2.11. The Balaban J connectivity index is 1.74. The molecule has 10 heteroatoms. The fourth-order valence-corrected chi connectivity index (χ4v) is 2.48. The maximum absolute atomic E-state index is 12.5. The second-order valence-electron chi connectivity index (χ2n) is 5.52. The average Bonchev–Trinajstić information content (AvgIpc) is 3.24. The number of anilines is 1. The van der Waals surface area contributed by atoms with Crippen LogP contribution in [0.2, 0.25) is 5.02 Å². The molecule has 2 aromatic heterocycles. The number of carbonyl (C=O) groups is 1. The molecule has 0 saturated carbocycles. The van der Waals surface area contributed by atoms with Crippen molar-refractivity contribution in [3.8, 4) is 5.75 Å². The van der Waals surface area contributed by atoms with Gasteiger partial charge in [-0.05, 0) is 42.5 Å². The summed E-state index contributed by atoms with van der Waals surface area (Å²) < 4.78 is 27.5. The van der Waals surface area contributed by atoms with E-state index in [0.29, 0.717) is 0 Å². The molecule has 0 aliphatic carbocycles. The summed E-state index contributed by atoms with van der Waals surface area (Å²) in [4.78, 5) is 16.5. The van der Waals surface area contributed by atoms with E-state index in [9.17, 15) is 9.18 Å². The highest BCUT2D eigenvalue weighted by atomic mass is 35.5. The fraction of sp³-hybridized carbons (Fsp3) is 0.0526. The van der Waals surface area contributed by atoms with E-state index in [2.05, 4.69) is 10.3 Å². The number of aromatic nitrogens is 1. The van der Waals surface area contributed by atoms with E-state index in [1.54, 1.807) is 6.07 Å². The number of nitrogens with zero attached hydrogens (tertiary/aromatic N) is 1. The monoisotopic (exact) mass is 416 g/mol. The van der Waals surface area contributed by atoms with E-state index >= 15 is 0 Å². The third-order valence-corrected chi connectivity index (χ3v) is 3.84. The SMILES string of the molecule is N=C(OC(=N)c1ccco1)c1ccnc(NC(=O)c2cc(Cl)ccc2OCF)c1. The van der Waals surface area contributed by atoms with Crippen LogP contribution < -0.4 is 10.1 Å². The van der Waals surface area contributed by atoms with Crippen molar-refractivity contribution in [3.05, 3.63) is 76.8 Å². The molecule has 0 atom stereocenters. The first-order chi connectivity index (χ1) is 14.0. The van der Waals surface area contributed by atoms with Crippen molar-refractivity contribution in [2.24, 2.45) is 0 Å². The number of nitrogens with one attached hydrogen (secondary N) is 3. The molecule has 0 bridgehead atoms. The van der Waals surface area contributed by atoms with Crippen molar-refractivity contribution in [2.75, 3.05) is 12.2 Å². The van der Waals surface area contributed by atoms with Gasteiger partial charge in [0.15, 0.2) is 5.76 Å². The summed E-state index contributed by atoms with van der Waals surface area (Å²) in [5.74, 6) is -1.01. The van der Waals surface area contributed by atoms with Gasteiger partial charge in [0.2, 0.25) is 12.8 Å². The highest BCUT2D eigenvalue weighted by Crippen LogP contribution is 2.24. The molecule has 0 saturated heterocycles. The second-order valence-corrected chi connectivity index (χ2v) is 5.95. The van der Waals surface area contributed by atoms with Gasteiger partial charge in [0.25, 0.3) is 11.8 Å². The summed E-state index contributed by atoms with van der Waals surface area (Å²) >= 11 is 5.90. The minimum absolute atomic E-state index is 0.0216. The molecule has 3 N–H and O–H groups in total.